The molecular formula is C22H30FN5OS. The number of hydrogen-bond acceptors (Lipinski definition) is 4. The van der Waals surface area contributed by atoms with E-state index in [9.17, 15) is 9.18 Å². The Morgan fingerprint density at radius 3 is 2.53 bits per heavy atom. The molecule has 1 saturated heterocycles. The van der Waals surface area contributed by atoms with E-state index in [4.69, 9.17) is 0 Å². The molecule has 2 N–H and O–H groups in total. The normalized spacial score (nSPS) is 15.8. The minimum atomic E-state index is -0.231. The Morgan fingerprint density at radius 2 is 1.90 bits per heavy atom. The Kier molecular flexibility index (Phi) is 8.07. The largest absolute Gasteiger partial charge is 0.368 e. The third-order valence-electron chi connectivity index (χ3n) is 5.28. The summed E-state index contributed by atoms with van der Waals surface area (Å²) in [6.07, 6.45) is 0.428. The van der Waals surface area contributed by atoms with Crippen molar-refractivity contribution >= 4 is 28.9 Å². The van der Waals surface area contributed by atoms with Gasteiger partial charge in [-0.3, -0.25) is 9.79 Å². The molecule has 1 aromatic carbocycles. The zero-order valence-corrected chi connectivity index (χ0v) is 18.4. The molecule has 8 heteroatoms. The SMILES string of the molecule is CN=C(NCCC(=O)N1CCN(c2ccc(F)cc2)CC1)NCC(C)c1cccs1. The maximum Gasteiger partial charge on any atom is 0.224 e. The van der Waals surface area contributed by atoms with Crippen LogP contribution in [0.5, 0.6) is 0 Å². The van der Waals surface area contributed by atoms with E-state index < -0.39 is 0 Å². The van der Waals surface area contributed by atoms with Gasteiger partial charge in [-0.05, 0) is 35.7 Å². The van der Waals surface area contributed by atoms with Gasteiger partial charge in [0.05, 0.1) is 0 Å². The number of halogens is 1. The van der Waals surface area contributed by atoms with Gasteiger partial charge >= 0.3 is 0 Å². The molecule has 0 bridgehead atoms. The maximum absolute atomic E-state index is 13.1. The molecule has 1 aliphatic heterocycles. The second-order valence-corrected chi connectivity index (χ2v) is 8.37. The predicted octanol–water partition coefficient (Wildman–Crippen LogP) is 2.89. The highest BCUT2D eigenvalue weighted by atomic mass is 32.1. The predicted molar refractivity (Wildman–Crippen MR) is 122 cm³/mol. The minimum absolute atomic E-state index is 0.142. The van der Waals surface area contributed by atoms with E-state index in [1.54, 1.807) is 30.5 Å². The highest BCUT2D eigenvalue weighted by Gasteiger charge is 2.21. The summed E-state index contributed by atoms with van der Waals surface area (Å²) in [5.41, 5.74) is 0.997. The molecule has 162 valence electrons. The average Bonchev–Trinajstić information content (AvgIpc) is 3.31. The molecule has 2 aromatic rings. The van der Waals surface area contributed by atoms with Crippen LogP contribution in [0.25, 0.3) is 0 Å². The first-order chi connectivity index (χ1) is 14.6. The molecule has 30 heavy (non-hydrogen) atoms. The summed E-state index contributed by atoms with van der Waals surface area (Å²) in [4.78, 5) is 22.2. The average molecular weight is 432 g/mol. The van der Waals surface area contributed by atoms with E-state index in [1.807, 2.05) is 4.90 Å². The lowest BCUT2D eigenvalue weighted by molar-refractivity contribution is -0.131. The molecule has 2 heterocycles. The van der Waals surface area contributed by atoms with Gasteiger partial charge in [0.15, 0.2) is 5.96 Å². The van der Waals surface area contributed by atoms with Gasteiger partial charge < -0.3 is 20.4 Å². The van der Waals surface area contributed by atoms with Gasteiger partial charge in [-0.15, -0.1) is 11.3 Å². The van der Waals surface area contributed by atoms with Crippen molar-refractivity contribution in [2.45, 2.75) is 19.3 Å². The molecule has 1 aliphatic rings. The number of amides is 1. The first kappa shape index (κ1) is 22.1. The summed E-state index contributed by atoms with van der Waals surface area (Å²) in [6, 6.07) is 10.7. The Morgan fingerprint density at radius 1 is 1.17 bits per heavy atom. The number of nitrogens with one attached hydrogen (secondary N) is 2. The van der Waals surface area contributed by atoms with Crippen LogP contribution in [-0.4, -0.2) is 63.1 Å². The summed E-state index contributed by atoms with van der Waals surface area (Å²) in [5, 5.41) is 8.64. The second kappa shape index (κ2) is 11.0. The lowest BCUT2D eigenvalue weighted by Crippen LogP contribution is -2.49. The molecule has 3 rings (SSSR count). The van der Waals surface area contributed by atoms with Gasteiger partial charge in [0.1, 0.15) is 5.82 Å². The Labute approximate surface area is 181 Å². The summed E-state index contributed by atoms with van der Waals surface area (Å²) in [7, 11) is 1.74. The van der Waals surface area contributed by atoms with Crippen LogP contribution in [-0.2, 0) is 4.79 Å². The molecule has 6 nitrogen and oxygen atoms in total. The van der Waals surface area contributed by atoms with Crippen molar-refractivity contribution in [1.82, 2.24) is 15.5 Å². The molecule has 0 radical (unpaired) electrons. The maximum atomic E-state index is 13.1. The van der Waals surface area contributed by atoms with E-state index in [1.165, 1.54) is 17.0 Å². The number of anilines is 1. The Hall–Kier alpha value is -2.61. The van der Waals surface area contributed by atoms with Crippen LogP contribution in [0.2, 0.25) is 0 Å². The van der Waals surface area contributed by atoms with Crippen molar-refractivity contribution in [3.63, 3.8) is 0 Å². The van der Waals surface area contributed by atoms with Crippen LogP contribution in [0.1, 0.15) is 24.1 Å². The molecule has 0 saturated carbocycles. The third kappa shape index (κ3) is 6.19. The molecule has 1 amide bonds. The quantitative estimate of drug-likeness (QED) is 0.523. The van der Waals surface area contributed by atoms with Gasteiger partial charge in [0, 0.05) is 69.2 Å². The van der Waals surface area contributed by atoms with E-state index in [2.05, 4.69) is 45.0 Å². The Balaban J connectivity index is 1.35. The summed E-state index contributed by atoms with van der Waals surface area (Å²) in [5.74, 6) is 1.03. The molecule has 1 fully saturated rings. The number of nitrogens with zero attached hydrogens (tertiary/aromatic N) is 3. The van der Waals surface area contributed by atoms with Crippen molar-refractivity contribution in [3.8, 4) is 0 Å². The Bertz CT molecular complexity index is 817. The van der Waals surface area contributed by atoms with Gasteiger partial charge in [0.25, 0.3) is 0 Å². The van der Waals surface area contributed by atoms with Gasteiger partial charge in [-0.1, -0.05) is 13.0 Å². The van der Waals surface area contributed by atoms with Gasteiger partial charge in [0.2, 0.25) is 5.91 Å². The van der Waals surface area contributed by atoms with Crippen LogP contribution in [0.4, 0.5) is 10.1 Å². The van der Waals surface area contributed by atoms with Crippen LogP contribution < -0.4 is 15.5 Å². The number of aliphatic imine (C=N–C) groups is 1. The fourth-order valence-corrected chi connectivity index (χ4v) is 4.24. The zero-order valence-electron chi connectivity index (χ0n) is 17.6. The van der Waals surface area contributed by atoms with Gasteiger partial charge in [-0.2, -0.15) is 0 Å². The van der Waals surface area contributed by atoms with Crippen molar-refractivity contribution in [1.29, 1.82) is 0 Å². The summed E-state index contributed by atoms with van der Waals surface area (Å²) in [6.45, 7) is 6.40. The van der Waals surface area contributed by atoms with Gasteiger partial charge in [-0.25, -0.2) is 4.39 Å². The number of carbonyl (C=O) groups excluding carboxylic acids is 1. The number of hydrogen-bond donors (Lipinski definition) is 2. The van der Waals surface area contributed by atoms with Crippen molar-refractivity contribution < 1.29 is 9.18 Å². The van der Waals surface area contributed by atoms with E-state index in [-0.39, 0.29) is 11.7 Å². The second-order valence-electron chi connectivity index (χ2n) is 7.39. The fourth-order valence-electron chi connectivity index (χ4n) is 3.45. The molecule has 1 aromatic heterocycles. The van der Waals surface area contributed by atoms with Crippen molar-refractivity contribution in [2.24, 2.45) is 4.99 Å². The number of carbonyl (C=O) groups is 1. The molecule has 1 unspecified atom stereocenters. The highest BCUT2D eigenvalue weighted by Crippen LogP contribution is 2.19. The number of piperazine rings is 1. The van der Waals surface area contributed by atoms with Crippen LogP contribution >= 0.6 is 11.3 Å². The van der Waals surface area contributed by atoms with Crippen molar-refractivity contribution in [3.05, 3.63) is 52.5 Å². The summed E-state index contributed by atoms with van der Waals surface area (Å²) >= 11 is 1.76. The number of thiophene rings is 1. The lowest BCUT2D eigenvalue weighted by atomic mass is 10.1. The first-order valence-electron chi connectivity index (χ1n) is 10.3. The first-order valence-corrected chi connectivity index (χ1v) is 11.2. The van der Waals surface area contributed by atoms with E-state index in [0.29, 0.717) is 37.9 Å². The standard InChI is InChI=1S/C22H30FN5OS/c1-17(20-4-3-15-30-20)16-26-22(24-2)25-10-9-21(29)28-13-11-27(12-14-28)19-7-5-18(23)6-8-19/h3-8,15,17H,9-14,16H2,1-2H3,(H2,24,25,26). The lowest BCUT2D eigenvalue weighted by Gasteiger charge is -2.36. The topological polar surface area (TPSA) is 60.0 Å². The molecule has 0 aliphatic carbocycles. The fraction of sp³-hybridized carbons (Fsp3) is 0.455. The minimum Gasteiger partial charge on any atom is -0.368 e. The van der Waals surface area contributed by atoms with Crippen molar-refractivity contribution in [2.75, 3.05) is 51.2 Å². The number of guanidine groups is 1. The highest BCUT2D eigenvalue weighted by molar-refractivity contribution is 7.10. The smallest absolute Gasteiger partial charge is 0.224 e. The van der Waals surface area contributed by atoms with Crippen LogP contribution in [0, 0.1) is 5.82 Å². The molecular weight excluding hydrogens is 401 g/mol. The van der Waals surface area contributed by atoms with Crippen LogP contribution in [0.15, 0.2) is 46.8 Å². The molecule has 1 atom stereocenters. The van der Waals surface area contributed by atoms with E-state index >= 15 is 0 Å². The zero-order chi connectivity index (χ0) is 21.3. The number of rotatable bonds is 7. The van der Waals surface area contributed by atoms with Crippen LogP contribution in [0.3, 0.4) is 0 Å². The third-order valence-corrected chi connectivity index (χ3v) is 6.39. The van der Waals surface area contributed by atoms with E-state index in [0.717, 1.165) is 25.3 Å². The number of benzene rings is 1. The molecule has 0 spiro atoms. The summed E-state index contributed by atoms with van der Waals surface area (Å²) < 4.78 is 13.1. The monoisotopic (exact) mass is 431 g/mol.